The molecule has 6 heteroatoms. The van der Waals surface area contributed by atoms with Crippen LogP contribution in [-0.2, 0) is 6.54 Å². The highest BCUT2D eigenvalue weighted by Crippen LogP contribution is 2.23. The van der Waals surface area contributed by atoms with Crippen molar-refractivity contribution in [2.24, 2.45) is 0 Å². The van der Waals surface area contributed by atoms with Crippen molar-refractivity contribution in [3.63, 3.8) is 0 Å². The third-order valence-electron chi connectivity index (χ3n) is 3.14. The lowest BCUT2D eigenvalue weighted by atomic mass is 10.1. The van der Waals surface area contributed by atoms with E-state index in [4.69, 9.17) is 5.26 Å². The van der Waals surface area contributed by atoms with E-state index in [0.717, 1.165) is 19.3 Å². The summed E-state index contributed by atoms with van der Waals surface area (Å²) in [5.41, 5.74) is 1.89. The molecule has 2 heterocycles. The summed E-state index contributed by atoms with van der Waals surface area (Å²) in [7, 11) is 0. The van der Waals surface area contributed by atoms with Crippen molar-refractivity contribution in [3.8, 4) is 6.07 Å². The zero-order valence-corrected chi connectivity index (χ0v) is 14.6. The number of benzene rings is 1. The van der Waals surface area contributed by atoms with Crippen LogP contribution >= 0.6 is 43.2 Å². The molecule has 1 aromatic carbocycles. The monoisotopic (exact) mass is 422 g/mol. The minimum absolute atomic E-state index is 0.162. The number of fused-ring (bicyclic) bond motifs is 1. The van der Waals surface area contributed by atoms with Crippen LogP contribution in [0.1, 0.15) is 11.1 Å². The zero-order chi connectivity index (χ0) is 15.0. The van der Waals surface area contributed by atoms with Crippen molar-refractivity contribution in [2.75, 3.05) is 0 Å². The molecule has 0 N–H and O–H groups in total. The predicted octanol–water partition coefficient (Wildman–Crippen LogP) is 4.51. The summed E-state index contributed by atoms with van der Waals surface area (Å²) in [6.07, 6.45) is 1.63. The van der Waals surface area contributed by atoms with Crippen molar-refractivity contribution >= 4 is 54.1 Å². The van der Waals surface area contributed by atoms with E-state index in [1.54, 1.807) is 23.6 Å². The van der Waals surface area contributed by atoms with Crippen LogP contribution in [0.2, 0.25) is 0 Å². The standard InChI is InChI=1S/C15H8Br2N2OS/c16-11-1-2-13-12(4-11)15(20)10(5-18)7-19(13)6-9-3-14(17)21-8-9/h1-4,7-8H,6H2. The Morgan fingerprint density at radius 3 is 2.76 bits per heavy atom. The molecule has 0 aliphatic heterocycles. The van der Waals surface area contributed by atoms with E-state index in [2.05, 4.69) is 37.2 Å². The van der Waals surface area contributed by atoms with Gasteiger partial charge in [0.15, 0.2) is 0 Å². The molecule has 21 heavy (non-hydrogen) atoms. The number of aromatic nitrogens is 1. The second-order valence-corrected chi connectivity index (χ2v) is 7.74. The van der Waals surface area contributed by atoms with Gasteiger partial charge in [0.25, 0.3) is 0 Å². The van der Waals surface area contributed by atoms with Crippen molar-refractivity contribution in [2.45, 2.75) is 6.54 Å². The molecule has 104 valence electrons. The third-order valence-corrected chi connectivity index (χ3v) is 5.18. The van der Waals surface area contributed by atoms with Crippen LogP contribution in [0.3, 0.4) is 0 Å². The highest BCUT2D eigenvalue weighted by Gasteiger charge is 2.10. The summed E-state index contributed by atoms with van der Waals surface area (Å²) >= 11 is 8.43. The maximum Gasteiger partial charge on any atom is 0.207 e. The molecule has 0 bridgehead atoms. The number of halogens is 2. The Morgan fingerprint density at radius 2 is 2.10 bits per heavy atom. The topological polar surface area (TPSA) is 45.8 Å². The quantitative estimate of drug-likeness (QED) is 0.608. The number of nitrogens with zero attached hydrogens (tertiary/aromatic N) is 2. The van der Waals surface area contributed by atoms with Gasteiger partial charge in [0.05, 0.1) is 9.30 Å². The molecule has 3 aromatic rings. The molecule has 2 aromatic heterocycles. The average Bonchev–Trinajstić information content (AvgIpc) is 2.87. The summed E-state index contributed by atoms with van der Waals surface area (Å²) in [6.45, 7) is 0.620. The summed E-state index contributed by atoms with van der Waals surface area (Å²) in [4.78, 5) is 12.3. The first-order valence-electron chi connectivity index (χ1n) is 6.04. The number of hydrogen-bond donors (Lipinski definition) is 0. The van der Waals surface area contributed by atoms with Gasteiger partial charge in [-0.15, -0.1) is 11.3 Å². The summed E-state index contributed by atoms with van der Waals surface area (Å²) in [5.74, 6) is 0. The Bertz CT molecular complexity index is 937. The van der Waals surface area contributed by atoms with Gasteiger partial charge in [-0.05, 0) is 51.1 Å². The molecule has 0 aliphatic rings. The van der Waals surface area contributed by atoms with Gasteiger partial charge in [-0.2, -0.15) is 5.26 Å². The van der Waals surface area contributed by atoms with Crippen molar-refractivity contribution in [3.05, 3.63) is 65.5 Å². The zero-order valence-electron chi connectivity index (χ0n) is 10.6. The second-order valence-electron chi connectivity index (χ2n) is 4.53. The van der Waals surface area contributed by atoms with Crippen LogP contribution in [0.4, 0.5) is 0 Å². The van der Waals surface area contributed by atoms with Crippen molar-refractivity contribution in [1.82, 2.24) is 4.57 Å². The first-order valence-corrected chi connectivity index (χ1v) is 8.51. The minimum atomic E-state index is -0.225. The van der Waals surface area contributed by atoms with Gasteiger partial charge in [0.2, 0.25) is 5.43 Å². The smallest absolute Gasteiger partial charge is 0.207 e. The number of pyridine rings is 1. The van der Waals surface area contributed by atoms with Crippen LogP contribution in [0.5, 0.6) is 0 Å². The third kappa shape index (κ3) is 2.82. The Hall–Kier alpha value is -1.42. The molecule has 0 saturated carbocycles. The highest BCUT2D eigenvalue weighted by molar-refractivity contribution is 9.11. The molecule has 0 radical (unpaired) electrons. The van der Waals surface area contributed by atoms with Gasteiger partial charge in [-0.25, -0.2) is 0 Å². The molecule has 3 nitrogen and oxygen atoms in total. The first-order chi connectivity index (χ1) is 10.1. The Kier molecular flexibility index (Phi) is 3.98. The molecule has 0 saturated heterocycles. The second kappa shape index (κ2) is 5.76. The lowest BCUT2D eigenvalue weighted by Crippen LogP contribution is -2.13. The van der Waals surface area contributed by atoms with Gasteiger partial charge in [-0.1, -0.05) is 15.9 Å². The largest absolute Gasteiger partial charge is 0.341 e. The van der Waals surface area contributed by atoms with E-state index >= 15 is 0 Å². The first kappa shape index (κ1) is 14.5. The van der Waals surface area contributed by atoms with E-state index in [1.807, 2.05) is 28.8 Å². The van der Waals surface area contributed by atoms with E-state index in [9.17, 15) is 4.79 Å². The summed E-state index contributed by atoms with van der Waals surface area (Å²) < 4.78 is 3.83. The average molecular weight is 424 g/mol. The fourth-order valence-corrected chi connectivity index (χ4v) is 3.77. The van der Waals surface area contributed by atoms with Gasteiger partial charge >= 0.3 is 0 Å². The molecule has 0 aliphatic carbocycles. The number of hydrogen-bond acceptors (Lipinski definition) is 3. The number of nitriles is 1. The van der Waals surface area contributed by atoms with Crippen LogP contribution in [-0.4, -0.2) is 4.57 Å². The number of thiophene rings is 1. The lowest BCUT2D eigenvalue weighted by Gasteiger charge is -2.11. The van der Waals surface area contributed by atoms with Crippen LogP contribution < -0.4 is 5.43 Å². The summed E-state index contributed by atoms with van der Waals surface area (Å²) in [5, 5.41) is 11.8. The minimum Gasteiger partial charge on any atom is -0.341 e. The lowest BCUT2D eigenvalue weighted by molar-refractivity contribution is 0.826. The molecule has 0 atom stereocenters. The van der Waals surface area contributed by atoms with Gasteiger partial charge in [-0.3, -0.25) is 4.79 Å². The van der Waals surface area contributed by atoms with E-state index in [-0.39, 0.29) is 11.0 Å². The molecule has 0 fully saturated rings. The Labute approximate surface area is 141 Å². The van der Waals surface area contributed by atoms with Gasteiger partial charge in [0.1, 0.15) is 11.6 Å². The molecular weight excluding hydrogens is 416 g/mol. The van der Waals surface area contributed by atoms with Crippen LogP contribution in [0.25, 0.3) is 10.9 Å². The molecule has 0 amide bonds. The molecule has 0 spiro atoms. The SMILES string of the molecule is N#Cc1cn(Cc2csc(Br)c2)c2ccc(Br)cc2c1=O. The van der Waals surface area contributed by atoms with Crippen molar-refractivity contribution < 1.29 is 0 Å². The summed E-state index contributed by atoms with van der Waals surface area (Å²) in [6, 6.07) is 9.58. The van der Waals surface area contributed by atoms with Crippen LogP contribution in [0, 0.1) is 11.3 Å². The Morgan fingerprint density at radius 1 is 1.29 bits per heavy atom. The number of rotatable bonds is 2. The fraction of sp³-hybridized carbons (Fsp3) is 0.0667. The maximum atomic E-state index is 12.3. The fourth-order valence-electron chi connectivity index (χ4n) is 2.21. The molecule has 3 rings (SSSR count). The maximum absolute atomic E-state index is 12.3. The van der Waals surface area contributed by atoms with E-state index in [0.29, 0.717) is 11.9 Å². The normalized spacial score (nSPS) is 10.7. The van der Waals surface area contributed by atoms with Gasteiger partial charge < -0.3 is 4.57 Å². The molecular formula is C15H8Br2N2OS. The van der Waals surface area contributed by atoms with E-state index in [1.165, 1.54) is 0 Å². The van der Waals surface area contributed by atoms with Gasteiger partial charge in [0, 0.05) is 22.6 Å². The molecule has 0 unspecified atom stereocenters. The highest BCUT2D eigenvalue weighted by atomic mass is 79.9. The predicted molar refractivity (Wildman–Crippen MR) is 91.7 cm³/mol. The Balaban J connectivity index is 2.24. The van der Waals surface area contributed by atoms with Crippen LogP contribution in [0.15, 0.2) is 48.9 Å². The van der Waals surface area contributed by atoms with E-state index < -0.39 is 0 Å². The van der Waals surface area contributed by atoms with Crippen molar-refractivity contribution in [1.29, 1.82) is 5.26 Å².